The predicted molar refractivity (Wildman–Crippen MR) is 127 cm³/mol. The minimum atomic E-state index is -0.949. The zero-order valence-corrected chi connectivity index (χ0v) is 19.4. The van der Waals surface area contributed by atoms with E-state index >= 15 is 0 Å². The normalized spacial score (nSPS) is 12.7. The number of fused-ring (bicyclic) bond motifs is 1. The molecule has 0 atom stereocenters. The molecule has 1 aliphatic rings. The van der Waals surface area contributed by atoms with Crippen LogP contribution in [0.5, 0.6) is 5.75 Å². The van der Waals surface area contributed by atoms with Crippen LogP contribution in [-0.4, -0.2) is 40.1 Å². The van der Waals surface area contributed by atoms with Gasteiger partial charge in [0.1, 0.15) is 11.6 Å². The van der Waals surface area contributed by atoms with Crippen LogP contribution < -0.4 is 4.74 Å². The lowest BCUT2D eigenvalue weighted by atomic mass is 9.89. The van der Waals surface area contributed by atoms with Crippen LogP contribution in [0.1, 0.15) is 22.3 Å². The van der Waals surface area contributed by atoms with Gasteiger partial charge < -0.3 is 14.7 Å². The molecular formula is C26H24ClFN2O4. The van der Waals surface area contributed by atoms with Crippen LogP contribution in [0.4, 0.5) is 9.18 Å². The minimum absolute atomic E-state index is 0.147. The SMILES string of the molecule is COc1ccc(CC(=O)O)cc1-c1ccc(F)c2c1CN(C(=O)N(Cl)Cc1ccccc1)CC2. The van der Waals surface area contributed by atoms with Gasteiger partial charge >= 0.3 is 12.0 Å². The summed E-state index contributed by atoms with van der Waals surface area (Å²) < 4.78 is 21.4. The molecule has 1 aliphatic heterocycles. The van der Waals surface area contributed by atoms with Gasteiger partial charge in [-0.3, -0.25) is 4.79 Å². The first-order valence-electron chi connectivity index (χ1n) is 10.8. The van der Waals surface area contributed by atoms with Crippen molar-refractivity contribution in [2.24, 2.45) is 0 Å². The Morgan fingerprint density at radius 1 is 1.06 bits per heavy atom. The number of hydrogen-bond acceptors (Lipinski definition) is 3. The Morgan fingerprint density at radius 3 is 2.53 bits per heavy atom. The average Bonchev–Trinajstić information content (AvgIpc) is 2.84. The summed E-state index contributed by atoms with van der Waals surface area (Å²) in [6, 6.07) is 17.2. The lowest BCUT2D eigenvalue weighted by molar-refractivity contribution is -0.136. The molecule has 4 rings (SSSR count). The smallest absolute Gasteiger partial charge is 0.335 e. The number of carboxylic acid groups (broad SMARTS) is 1. The van der Waals surface area contributed by atoms with E-state index in [1.54, 1.807) is 29.2 Å². The highest BCUT2D eigenvalue weighted by Crippen LogP contribution is 2.38. The Bertz CT molecular complexity index is 1220. The maximum Gasteiger partial charge on any atom is 0.335 e. The standard InChI is InChI=1S/C26H24ClFN2O4/c1-34-24-10-7-18(14-25(31)32)13-21(24)19-8-9-23(28)20-11-12-29(16-22(19)20)26(33)30(27)15-17-5-3-2-4-6-17/h2-10,13H,11-12,14-16H2,1H3,(H,31,32). The molecule has 0 fully saturated rings. The van der Waals surface area contributed by atoms with Gasteiger partial charge in [-0.15, -0.1) is 0 Å². The molecule has 0 saturated carbocycles. The van der Waals surface area contributed by atoms with E-state index in [0.29, 0.717) is 46.5 Å². The van der Waals surface area contributed by atoms with Crippen LogP contribution in [0, 0.1) is 5.82 Å². The second-order valence-electron chi connectivity index (χ2n) is 8.12. The van der Waals surface area contributed by atoms with Crippen molar-refractivity contribution in [3.8, 4) is 16.9 Å². The Balaban J connectivity index is 1.66. The van der Waals surface area contributed by atoms with Crippen molar-refractivity contribution in [3.63, 3.8) is 0 Å². The summed E-state index contributed by atoms with van der Waals surface area (Å²) in [5, 5.41) is 9.19. The third kappa shape index (κ3) is 4.99. The second-order valence-corrected chi connectivity index (χ2v) is 8.53. The highest BCUT2D eigenvalue weighted by atomic mass is 35.5. The topological polar surface area (TPSA) is 70.1 Å². The minimum Gasteiger partial charge on any atom is -0.496 e. The number of carbonyl (C=O) groups is 2. The number of hydrogen-bond donors (Lipinski definition) is 1. The summed E-state index contributed by atoms with van der Waals surface area (Å²) in [5.74, 6) is -0.748. The molecular weight excluding hydrogens is 459 g/mol. The fourth-order valence-corrected chi connectivity index (χ4v) is 4.51. The van der Waals surface area contributed by atoms with Crippen molar-refractivity contribution in [2.75, 3.05) is 13.7 Å². The Hall–Kier alpha value is -3.58. The third-order valence-corrected chi connectivity index (χ3v) is 6.17. The fraction of sp³-hybridized carbons (Fsp3) is 0.231. The first-order chi connectivity index (χ1) is 16.4. The van der Waals surface area contributed by atoms with Gasteiger partial charge in [0.25, 0.3) is 0 Å². The Labute approximate surface area is 202 Å². The number of methoxy groups -OCH3 is 1. The van der Waals surface area contributed by atoms with E-state index in [1.165, 1.54) is 13.2 Å². The van der Waals surface area contributed by atoms with Crippen molar-refractivity contribution >= 4 is 23.8 Å². The number of rotatable bonds is 6. The number of halogens is 2. The number of benzene rings is 3. The van der Waals surface area contributed by atoms with E-state index in [2.05, 4.69) is 0 Å². The largest absolute Gasteiger partial charge is 0.496 e. The van der Waals surface area contributed by atoms with Crippen molar-refractivity contribution in [3.05, 3.63) is 88.7 Å². The maximum atomic E-state index is 14.7. The first kappa shape index (κ1) is 23.6. The number of carbonyl (C=O) groups excluding carboxylic acids is 1. The van der Waals surface area contributed by atoms with E-state index in [1.807, 2.05) is 30.3 Å². The second kappa shape index (κ2) is 10.1. The zero-order chi connectivity index (χ0) is 24.2. The maximum absolute atomic E-state index is 14.7. The summed E-state index contributed by atoms with van der Waals surface area (Å²) in [4.78, 5) is 25.9. The fourth-order valence-electron chi connectivity index (χ4n) is 4.26. The van der Waals surface area contributed by atoms with E-state index in [0.717, 1.165) is 9.98 Å². The molecule has 8 heteroatoms. The summed E-state index contributed by atoms with van der Waals surface area (Å²) in [7, 11) is 1.52. The molecule has 3 aromatic rings. The number of ether oxygens (including phenoxy) is 1. The van der Waals surface area contributed by atoms with Crippen LogP contribution in [0.2, 0.25) is 0 Å². The van der Waals surface area contributed by atoms with Crippen molar-refractivity contribution in [1.82, 2.24) is 9.32 Å². The van der Waals surface area contributed by atoms with Gasteiger partial charge in [0.15, 0.2) is 0 Å². The molecule has 3 aromatic carbocycles. The molecule has 0 aliphatic carbocycles. The molecule has 0 saturated heterocycles. The summed E-state index contributed by atoms with van der Waals surface area (Å²) in [6.45, 7) is 0.748. The molecule has 0 spiro atoms. The van der Waals surface area contributed by atoms with Crippen LogP contribution in [0.25, 0.3) is 11.1 Å². The number of urea groups is 1. The number of aliphatic carboxylic acids is 1. The van der Waals surface area contributed by atoms with E-state index in [9.17, 15) is 19.1 Å². The summed E-state index contributed by atoms with van der Waals surface area (Å²) in [5.41, 5.74) is 4.04. The average molecular weight is 483 g/mol. The lowest BCUT2D eigenvalue weighted by Gasteiger charge is -2.32. The zero-order valence-electron chi connectivity index (χ0n) is 18.6. The van der Waals surface area contributed by atoms with Gasteiger partial charge in [-0.1, -0.05) is 42.5 Å². The molecule has 0 bridgehead atoms. The monoisotopic (exact) mass is 482 g/mol. The van der Waals surface area contributed by atoms with Gasteiger partial charge in [0, 0.05) is 30.4 Å². The highest BCUT2D eigenvalue weighted by molar-refractivity contribution is 6.20. The van der Waals surface area contributed by atoms with Crippen molar-refractivity contribution < 1.29 is 23.8 Å². The molecule has 1 heterocycles. The molecule has 6 nitrogen and oxygen atoms in total. The van der Waals surface area contributed by atoms with Gasteiger partial charge in [0.05, 0.1) is 20.1 Å². The predicted octanol–water partition coefficient (Wildman–Crippen LogP) is 5.26. The Kier molecular flexibility index (Phi) is 7.03. The third-order valence-electron chi connectivity index (χ3n) is 5.91. The van der Waals surface area contributed by atoms with Crippen LogP contribution >= 0.6 is 11.8 Å². The number of nitrogens with zero attached hydrogens (tertiary/aromatic N) is 2. The van der Waals surface area contributed by atoms with E-state index < -0.39 is 5.97 Å². The van der Waals surface area contributed by atoms with Crippen LogP contribution in [-0.2, 0) is 30.7 Å². The molecule has 1 N–H and O–H groups in total. The van der Waals surface area contributed by atoms with Gasteiger partial charge in [-0.25, -0.2) is 13.6 Å². The molecule has 0 aromatic heterocycles. The quantitative estimate of drug-likeness (QED) is 0.486. The van der Waals surface area contributed by atoms with Gasteiger partial charge in [-0.05, 0) is 52.4 Å². The lowest BCUT2D eigenvalue weighted by Crippen LogP contribution is -2.41. The number of carboxylic acids is 1. The van der Waals surface area contributed by atoms with Gasteiger partial charge in [-0.2, -0.15) is 0 Å². The highest BCUT2D eigenvalue weighted by Gasteiger charge is 2.29. The molecule has 0 radical (unpaired) electrons. The molecule has 2 amide bonds. The van der Waals surface area contributed by atoms with Crippen molar-refractivity contribution in [2.45, 2.75) is 25.9 Å². The summed E-state index contributed by atoms with van der Waals surface area (Å²) >= 11 is 6.32. The molecule has 176 valence electrons. The number of amides is 2. The molecule has 0 unspecified atom stereocenters. The van der Waals surface area contributed by atoms with Gasteiger partial charge in [0.2, 0.25) is 0 Å². The summed E-state index contributed by atoms with van der Waals surface area (Å²) in [6.07, 6.45) is 0.194. The molecule has 34 heavy (non-hydrogen) atoms. The Morgan fingerprint density at radius 2 is 1.82 bits per heavy atom. The van der Waals surface area contributed by atoms with Crippen LogP contribution in [0.15, 0.2) is 60.7 Å². The van der Waals surface area contributed by atoms with E-state index in [-0.39, 0.29) is 31.4 Å². The first-order valence-corrected chi connectivity index (χ1v) is 11.2. The van der Waals surface area contributed by atoms with Crippen LogP contribution in [0.3, 0.4) is 0 Å². The van der Waals surface area contributed by atoms with Crippen molar-refractivity contribution in [1.29, 1.82) is 0 Å². The van der Waals surface area contributed by atoms with E-state index in [4.69, 9.17) is 16.5 Å².